The molecule has 1 heterocycles. The Kier molecular flexibility index (Phi) is 5.07. The van der Waals surface area contributed by atoms with E-state index in [0.717, 1.165) is 5.56 Å². The van der Waals surface area contributed by atoms with Crippen LogP contribution in [0.5, 0.6) is 0 Å². The Bertz CT molecular complexity index is 935. The van der Waals surface area contributed by atoms with E-state index in [0.29, 0.717) is 23.4 Å². The first-order valence-electron chi connectivity index (χ1n) is 8.02. The van der Waals surface area contributed by atoms with Crippen LogP contribution in [0.3, 0.4) is 0 Å². The van der Waals surface area contributed by atoms with Crippen LogP contribution >= 0.6 is 0 Å². The number of nitrogens with one attached hydrogen (secondary N) is 1. The van der Waals surface area contributed by atoms with E-state index in [1.165, 1.54) is 7.11 Å². The van der Waals surface area contributed by atoms with Crippen LogP contribution in [0.25, 0.3) is 0 Å². The van der Waals surface area contributed by atoms with E-state index in [4.69, 9.17) is 4.74 Å². The molecule has 3 aromatic rings. The molecule has 0 spiro atoms. The number of benzene rings is 2. The third-order valence-electron chi connectivity index (χ3n) is 3.95. The maximum atomic E-state index is 12.4. The average Bonchev–Trinajstić information content (AvgIpc) is 3.12. The van der Waals surface area contributed by atoms with Crippen molar-refractivity contribution in [2.75, 3.05) is 12.4 Å². The third kappa shape index (κ3) is 3.77. The molecule has 0 aliphatic carbocycles. The summed E-state index contributed by atoms with van der Waals surface area (Å²) in [5, 5.41) is 10.7. The summed E-state index contributed by atoms with van der Waals surface area (Å²) in [5.41, 5.74) is 2.81. The summed E-state index contributed by atoms with van der Waals surface area (Å²) >= 11 is 0. The molecule has 0 unspecified atom stereocenters. The zero-order valence-electron chi connectivity index (χ0n) is 14.5. The highest BCUT2D eigenvalue weighted by Gasteiger charge is 2.16. The standard InChI is InChI=1S/C19H18N4O3/c1-13-15(19(25)26-2)9-6-10-16(13)20-18(24)17-12-23(22-21-17)11-14-7-4-3-5-8-14/h3-10,12H,11H2,1-2H3,(H,20,24). The van der Waals surface area contributed by atoms with Crippen molar-refractivity contribution >= 4 is 17.6 Å². The molecular formula is C19H18N4O3. The normalized spacial score (nSPS) is 10.4. The molecule has 0 saturated heterocycles. The Labute approximate surface area is 150 Å². The summed E-state index contributed by atoms with van der Waals surface area (Å²) in [7, 11) is 1.32. The number of rotatable bonds is 5. The molecule has 0 aliphatic heterocycles. The number of hydrogen-bond donors (Lipinski definition) is 1. The summed E-state index contributed by atoms with van der Waals surface area (Å²) in [5.74, 6) is -0.846. The van der Waals surface area contributed by atoms with Gasteiger partial charge in [0.25, 0.3) is 5.91 Å². The van der Waals surface area contributed by atoms with E-state index in [1.807, 2.05) is 30.3 Å². The second-order valence-corrected chi connectivity index (χ2v) is 5.71. The summed E-state index contributed by atoms with van der Waals surface area (Å²) < 4.78 is 6.34. The second kappa shape index (κ2) is 7.60. The van der Waals surface area contributed by atoms with Gasteiger partial charge in [-0.3, -0.25) is 4.79 Å². The van der Waals surface area contributed by atoms with Crippen molar-refractivity contribution in [2.45, 2.75) is 13.5 Å². The molecule has 3 rings (SSSR count). The SMILES string of the molecule is COC(=O)c1cccc(NC(=O)c2cn(Cc3ccccc3)nn2)c1C. The number of hydrogen-bond acceptors (Lipinski definition) is 5. The molecule has 0 radical (unpaired) electrons. The van der Waals surface area contributed by atoms with Gasteiger partial charge < -0.3 is 10.1 Å². The van der Waals surface area contributed by atoms with Crippen molar-refractivity contribution in [3.8, 4) is 0 Å². The molecule has 0 bridgehead atoms. The van der Waals surface area contributed by atoms with Crippen LogP contribution in [0, 0.1) is 6.92 Å². The molecule has 1 N–H and O–H groups in total. The smallest absolute Gasteiger partial charge is 0.338 e. The monoisotopic (exact) mass is 350 g/mol. The van der Waals surface area contributed by atoms with Crippen molar-refractivity contribution in [1.82, 2.24) is 15.0 Å². The lowest BCUT2D eigenvalue weighted by Crippen LogP contribution is -2.15. The Morgan fingerprint density at radius 1 is 1.12 bits per heavy atom. The van der Waals surface area contributed by atoms with Gasteiger partial charge in [-0.25, -0.2) is 9.48 Å². The van der Waals surface area contributed by atoms with Crippen LogP contribution in [0.4, 0.5) is 5.69 Å². The fraction of sp³-hybridized carbons (Fsp3) is 0.158. The second-order valence-electron chi connectivity index (χ2n) is 5.71. The van der Waals surface area contributed by atoms with Crippen molar-refractivity contribution in [3.63, 3.8) is 0 Å². The van der Waals surface area contributed by atoms with Gasteiger partial charge in [0.05, 0.1) is 25.4 Å². The molecule has 0 aliphatic rings. The topological polar surface area (TPSA) is 86.1 Å². The van der Waals surface area contributed by atoms with Crippen molar-refractivity contribution in [1.29, 1.82) is 0 Å². The van der Waals surface area contributed by atoms with Crippen LogP contribution in [-0.2, 0) is 11.3 Å². The number of nitrogens with zero attached hydrogens (tertiary/aromatic N) is 3. The minimum atomic E-state index is -0.451. The summed E-state index contributed by atoms with van der Waals surface area (Å²) in [6.07, 6.45) is 1.59. The zero-order chi connectivity index (χ0) is 18.5. The lowest BCUT2D eigenvalue weighted by molar-refractivity contribution is 0.0599. The lowest BCUT2D eigenvalue weighted by Gasteiger charge is -2.10. The van der Waals surface area contributed by atoms with Crippen LogP contribution in [0.1, 0.15) is 32.0 Å². The van der Waals surface area contributed by atoms with E-state index in [-0.39, 0.29) is 5.69 Å². The Morgan fingerprint density at radius 2 is 1.88 bits per heavy atom. The summed E-state index contributed by atoms with van der Waals surface area (Å²) in [6.45, 7) is 2.27. The summed E-state index contributed by atoms with van der Waals surface area (Å²) in [6, 6.07) is 14.8. The van der Waals surface area contributed by atoms with E-state index in [1.54, 1.807) is 36.0 Å². The van der Waals surface area contributed by atoms with Gasteiger partial charge in [0.1, 0.15) is 0 Å². The minimum Gasteiger partial charge on any atom is -0.465 e. The Hall–Kier alpha value is -3.48. The van der Waals surface area contributed by atoms with Crippen molar-refractivity contribution in [2.24, 2.45) is 0 Å². The molecule has 0 atom stereocenters. The van der Waals surface area contributed by atoms with Gasteiger partial charge in [-0.05, 0) is 30.2 Å². The number of carbonyl (C=O) groups excluding carboxylic acids is 2. The van der Waals surface area contributed by atoms with Crippen molar-refractivity contribution < 1.29 is 14.3 Å². The fourth-order valence-electron chi connectivity index (χ4n) is 2.54. The average molecular weight is 350 g/mol. The quantitative estimate of drug-likeness (QED) is 0.715. The van der Waals surface area contributed by atoms with E-state index >= 15 is 0 Å². The molecule has 2 aromatic carbocycles. The Balaban J connectivity index is 1.74. The molecule has 1 amide bonds. The number of amides is 1. The first kappa shape index (κ1) is 17.3. The minimum absolute atomic E-state index is 0.198. The van der Waals surface area contributed by atoms with Gasteiger partial charge in [0.15, 0.2) is 5.69 Å². The van der Waals surface area contributed by atoms with Gasteiger partial charge in [-0.15, -0.1) is 5.10 Å². The maximum Gasteiger partial charge on any atom is 0.338 e. The third-order valence-corrected chi connectivity index (χ3v) is 3.95. The van der Waals surface area contributed by atoms with Crippen LogP contribution in [-0.4, -0.2) is 34.0 Å². The molecule has 26 heavy (non-hydrogen) atoms. The fourth-order valence-corrected chi connectivity index (χ4v) is 2.54. The molecule has 0 fully saturated rings. The highest BCUT2D eigenvalue weighted by atomic mass is 16.5. The van der Waals surface area contributed by atoms with Crippen LogP contribution < -0.4 is 5.32 Å². The number of esters is 1. The van der Waals surface area contributed by atoms with E-state index in [9.17, 15) is 9.59 Å². The van der Waals surface area contributed by atoms with Gasteiger partial charge in [0, 0.05) is 5.69 Å². The van der Waals surface area contributed by atoms with Gasteiger partial charge >= 0.3 is 5.97 Å². The Morgan fingerprint density at radius 3 is 2.62 bits per heavy atom. The van der Waals surface area contributed by atoms with E-state index in [2.05, 4.69) is 15.6 Å². The van der Waals surface area contributed by atoms with Crippen molar-refractivity contribution in [3.05, 3.63) is 77.1 Å². The number of carbonyl (C=O) groups is 2. The lowest BCUT2D eigenvalue weighted by atomic mass is 10.1. The summed E-state index contributed by atoms with van der Waals surface area (Å²) in [4.78, 5) is 24.2. The number of ether oxygens (including phenoxy) is 1. The highest BCUT2D eigenvalue weighted by Crippen LogP contribution is 2.20. The predicted molar refractivity (Wildman–Crippen MR) is 96.0 cm³/mol. The number of aromatic nitrogens is 3. The van der Waals surface area contributed by atoms with Crippen LogP contribution in [0.15, 0.2) is 54.7 Å². The van der Waals surface area contributed by atoms with Gasteiger partial charge in [0.2, 0.25) is 0 Å². The van der Waals surface area contributed by atoms with E-state index < -0.39 is 11.9 Å². The largest absolute Gasteiger partial charge is 0.465 e. The van der Waals surface area contributed by atoms with Crippen LogP contribution in [0.2, 0.25) is 0 Å². The molecule has 0 saturated carbocycles. The molecule has 7 heteroatoms. The van der Waals surface area contributed by atoms with Gasteiger partial charge in [-0.2, -0.15) is 0 Å². The molecular weight excluding hydrogens is 332 g/mol. The number of methoxy groups -OCH3 is 1. The number of anilines is 1. The molecule has 1 aromatic heterocycles. The molecule has 132 valence electrons. The zero-order valence-corrected chi connectivity index (χ0v) is 14.5. The highest BCUT2D eigenvalue weighted by molar-refractivity contribution is 6.04. The predicted octanol–water partition coefficient (Wildman–Crippen LogP) is 2.67. The first-order valence-corrected chi connectivity index (χ1v) is 8.02. The molecule has 7 nitrogen and oxygen atoms in total. The van der Waals surface area contributed by atoms with Gasteiger partial charge in [-0.1, -0.05) is 41.6 Å². The first-order chi connectivity index (χ1) is 12.6. The maximum absolute atomic E-state index is 12.4.